The topological polar surface area (TPSA) is 47.1 Å². The van der Waals surface area contributed by atoms with Gasteiger partial charge in [0.25, 0.3) is 0 Å². The third kappa shape index (κ3) is 2.64. The van der Waals surface area contributed by atoms with E-state index in [2.05, 4.69) is 43.4 Å². The predicted octanol–water partition coefficient (Wildman–Crippen LogP) is 3.18. The van der Waals surface area contributed by atoms with Crippen LogP contribution in [0.3, 0.4) is 0 Å². The monoisotopic (exact) mass is 286 g/mol. The lowest BCUT2D eigenvalue weighted by molar-refractivity contribution is 0.209. The maximum atomic E-state index is 5.94. The number of hydrogen-bond acceptors (Lipinski definition) is 3. The quantitative estimate of drug-likeness (QED) is 0.819. The number of nitrogens with two attached hydrogens (primary N) is 1. The highest BCUT2D eigenvalue weighted by Gasteiger charge is 2.28. The standard InChI is InChI=1S/C17H26N4/c1-17(2,3)16-19-14-10-12(18)7-8-15(14)21(16)13-6-5-9-20(4)11-13/h7-8,10,13H,5-6,9,11,18H2,1-4H3. The highest BCUT2D eigenvalue weighted by atomic mass is 15.2. The SMILES string of the molecule is CN1CCCC(n2c(C(C)(C)C)nc3cc(N)ccc32)C1. The number of imidazole rings is 1. The van der Waals surface area contributed by atoms with E-state index in [4.69, 9.17) is 10.7 Å². The molecule has 2 N–H and O–H groups in total. The van der Waals surface area contributed by atoms with Gasteiger partial charge in [-0.1, -0.05) is 20.8 Å². The molecule has 0 aliphatic carbocycles. The Hall–Kier alpha value is -1.55. The van der Waals surface area contributed by atoms with Crippen molar-refractivity contribution in [2.75, 3.05) is 25.9 Å². The predicted molar refractivity (Wildman–Crippen MR) is 88.6 cm³/mol. The number of benzene rings is 1. The van der Waals surface area contributed by atoms with Crippen molar-refractivity contribution in [2.24, 2.45) is 0 Å². The second-order valence-electron chi connectivity index (χ2n) is 7.36. The largest absolute Gasteiger partial charge is 0.399 e. The van der Waals surface area contributed by atoms with Crippen LogP contribution in [0.2, 0.25) is 0 Å². The van der Waals surface area contributed by atoms with Gasteiger partial charge in [0.1, 0.15) is 5.82 Å². The average molecular weight is 286 g/mol. The van der Waals surface area contributed by atoms with Crippen molar-refractivity contribution < 1.29 is 0 Å². The van der Waals surface area contributed by atoms with Crippen molar-refractivity contribution in [3.8, 4) is 0 Å². The first-order chi connectivity index (χ1) is 9.86. The van der Waals surface area contributed by atoms with Crippen LogP contribution >= 0.6 is 0 Å². The zero-order valence-corrected chi connectivity index (χ0v) is 13.6. The molecule has 0 radical (unpaired) electrons. The maximum Gasteiger partial charge on any atom is 0.115 e. The van der Waals surface area contributed by atoms with Crippen molar-refractivity contribution in [3.63, 3.8) is 0 Å². The molecule has 4 nitrogen and oxygen atoms in total. The number of likely N-dealkylation sites (tertiary alicyclic amines) is 1. The molecule has 0 saturated carbocycles. The summed E-state index contributed by atoms with van der Waals surface area (Å²) in [6.45, 7) is 9.00. The summed E-state index contributed by atoms with van der Waals surface area (Å²) in [7, 11) is 2.21. The van der Waals surface area contributed by atoms with E-state index in [1.165, 1.54) is 30.7 Å². The van der Waals surface area contributed by atoms with Crippen LogP contribution in [0.5, 0.6) is 0 Å². The molecule has 1 aromatic carbocycles. The van der Waals surface area contributed by atoms with Gasteiger partial charge in [0.15, 0.2) is 0 Å². The molecular weight excluding hydrogens is 260 g/mol. The molecule has 114 valence electrons. The summed E-state index contributed by atoms with van der Waals surface area (Å²) in [5.74, 6) is 1.17. The highest BCUT2D eigenvalue weighted by molar-refractivity contribution is 5.80. The van der Waals surface area contributed by atoms with Gasteiger partial charge < -0.3 is 15.2 Å². The lowest BCUT2D eigenvalue weighted by Crippen LogP contribution is -2.35. The van der Waals surface area contributed by atoms with E-state index in [-0.39, 0.29) is 5.41 Å². The van der Waals surface area contributed by atoms with Crippen molar-refractivity contribution in [3.05, 3.63) is 24.0 Å². The third-order valence-electron chi connectivity index (χ3n) is 4.35. The Balaban J connectivity index is 2.18. The van der Waals surface area contributed by atoms with Crippen molar-refractivity contribution in [1.29, 1.82) is 0 Å². The number of likely N-dealkylation sites (N-methyl/N-ethyl adjacent to an activating group) is 1. The Labute approximate surface area is 126 Å². The van der Waals surface area contributed by atoms with Crippen LogP contribution in [0.15, 0.2) is 18.2 Å². The van der Waals surface area contributed by atoms with Crippen LogP contribution in [-0.4, -0.2) is 34.6 Å². The normalized spacial score (nSPS) is 21.0. The maximum absolute atomic E-state index is 5.94. The molecule has 0 bridgehead atoms. The first-order valence-corrected chi connectivity index (χ1v) is 7.83. The van der Waals surface area contributed by atoms with Gasteiger partial charge in [0.2, 0.25) is 0 Å². The smallest absolute Gasteiger partial charge is 0.115 e. The Morgan fingerprint density at radius 2 is 2.05 bits per heavy atom. The summed E-state index contributed by atoms with van der Waals surface area (Å²) in [5.41, 5.74) is 8.99. The number of nitrogen functional groups attached to an aromatic ring is 1. The molecule has 1 fully saturated rings. The van der Waals surface area contributed by atoms with Crippen LogP contribution in [0.1, 0.15) is 45.5 Å². The van der Waals surface area contributed by atoms with Gasteiger partial charge in [-0.15, -0.1) is 0 Å². The zero-order chi connectivity index (χ0) is 15.2. The molecule has 1 aliphatic heterocycles. The minimum absolute atomic E-state index is 0.0315. The fourth-order valence-electron chi connectivity index (χ4n) is 3.36. The van der Waals surface area contributed by atoms with E-state index in [9.17, 15) is 0 Å². The van der Waals surface area contributed by atoms with Crippen molar-refractivity contribution >= 4 is 16.7 Å². The van der Waals surface area contributed by atoms with E-state index >= 15 is 0 Å². The molecule has 1 aliphatic rings. The van der Waals surface area contributed by atoms with Gasteiger partial charge in [-0.2, -0.15) is 0 Å². The molecule has 1 unspecified atom stereocenters. The summed E-state index contributed by atoms with van der Waals surface area (Å²) in [5, 5.41) is 0. The van der Waals surface area contributed by atoms with Crippen molar-refractivity contribution in [2.45, 2.75) is 45.1 Å². The van der Waals surface area contributed by atoms with Crippen LogP contribution in [0.25, 0.3) is 11.0 Å². The zero-order valence-electron chi connectivity index (χ0n) is 13.6. The van der Waals surface area contributed by atoms with Crippen LogP contribution in [0, 0.1) is 0 Å². The fraction of sp³-hybridized carbons (Fsp3) is 0.588. The van der Waals surface area contributed by atoms with E-state index < -0.39 is 0 Å². The van der Waals surface area contributed by atoms with Gasteiger partial charge in [0.05, 0.1) is 11.0 Å². The molecule has 3 rings (SSSR count). The summed E-state index contributed by atoms with van der Waals surface area (Å²) in [6, 6.07) is 6.61. The Morgan fingerprint density at radius 3 is 2.71 bits per heavy atom. The molecule has 21 heavy (non-hydrogen) atoms. The second-order valence-corrected chi connectivity index (χ2v) is 7.36. The number of rotatable bonds is 1. The number of hydrogen-bond donors (Lipinski definition) is 1. The summed E-state index contributed by atoms with van der Waals surface area (Å²) >= 11 is 0. The van der Waals surface area contributed by atoms with Crippen LogP contribution in [0.4, 0.5) is 5.69 Å². The fourth-order valence-corrected chi connectivity index (χ4v) is 3.36. The Bertz CT molecular complexity index is 651. The first-order valence-electron chi connectivity index (χ1n) is 7.83. The van der Waals surface area contributed by atoms with Gasteiger partial charge in [0, 0.05) is 23.7 Å². The summed E-state index contributed by atoms with van der Waals surface area (Å²) in [6.07, 6.45) is 2.47. The lowest BCUT2D eigenvalue weighted by atomic mass is 9.94. The van der Waals surface area contributed by atoms with E-state index in [1.807, 2.05) is 12.1 Å². The first kappa shape index (κ1) is 14.4. The van der Waals surface area contributed by atoms with E-state index in [0.717, 1.165) is 17.7 Å². The van der Waals surface area contributed by atoms with Crippen molar-refractivity contribution in [1.82, 2.24) is 14.5 Å². The Morgan fingerprint density at radius 1 is 1.29 bits per heavy atom. The number of piperidine rings is 1. The van der Waals surface area contributed by atoms with Crippen LogP contribution < -0.4 is 5.73 Å². The third-order valence-corrected chi connectivity index (χ3v) is 4.35. The molecule has 4 heteroatoms. The molecule has 1 aromatic heterocycles. The lowest BCUT2D eigenvalue weighted by Gasteiger charge is -2.33. The molecule has 1 atom stereocenters. The second kappa shape index (κ2) is 5.02. The molecule has 1 saturated heterocycles. The van der Waals surface area contributed by atoms with Gasteiger partial charge in [-0.3, -0.25) is 0 Å². The van der Waals surface area contributed by atoms with Crippen LogP contribution in [-0.2, 0) is 5.41 Å². The summed E-state index contributed by atoms with van der Waals surface area (Å²) in [4.78, 5) is 7.33. The van der Waals surface area contributed by atoms with Gasteiger partial charge in [-0.05, 0) is 44.6 Å². The van der Waals surface area contributed by atoms with Gasteiger partial charge >= 0.3 is 0 Å². The molecular formula is C17H26N4. The van der Waals surface area contributed by atoms with E-state index in [1.54, 1.807) is 0 Å². The molecule has 0 amide bonds. The minimum Gasteiger partial charge on any atom is -0.399 e. The highest BCUT2D eigenvalue weighted by Crippen LogP contribution is 2.33. The van der Waals surface area contributed by atoms with E-state index in [0.29, 0.717) is 6.04 Å². The molecule has 0 spiro atoms. The average Bonchev–Trinajstić information content (AvgIpc) is 2.77. The Kier molecular flexibility index (Phi) is 3.44. The molecule has 2 aromatic rings. The van der Waals surface area contributed by atoms with Gasteiger partial charge in [-0.25, -0.2) is 4.98 Å². The molecule has 2 heterocycles. The summed E-state index contributed by atoms with van der Waals surface area (Å²) < 4.78 is 2.46. The number of fused-ring (bicyclic) bond motifs is 1. The number of aromatic nitrogens is 2. The number of nitrogens with zero attached hydrogens (tertiary/aromatic N) is 3. The minimum atomic E-state index is 0.0315. The number of anilines is 1.